The van der Waals surface area contributed by atoms with Crippen LogP contribution in [0.1, 0.15) is 32.6 Å². The zero-order valence-corrected chi connectivity index (χ0v) is 13.1. The summed E-state index contributed by atoms with van der Waals surface area (Å²) in [5.41, 5.74) is 0. The Balaban J connectivity index is 1.53. The fourth-order valence-corrected chi connectivity index (χ4v) is 2.55. The van der Waals surface area contributed by atoms with Gasteiger partial charge in [-0.05, 0) is 44.7 Å². The van der Waals surface area contributed by atoms with Gasteiger partial charge in [0.05, 0.1) is 19.8 Å². The Kier molecular flexibility index (Phi) is 7.39. The highest BCUT2D eigenvalue weighted by molar-refractivity contribution is 5.39. The van der Waals surface area contributed by atoms with Gasteiger partial charge >= 0.3 is 0 Å². The highest BCUT2D eigenvalue weighted by Gasteiger charge is 2.16. The predicted molar refractivity (Wildman–Crippen MR) is 83.0 cm³/mol. The van der Waals surface area contributed by atoms with Gasteiger partial charge in [0.1, 0.15) is 12.6 Å². The average molecular weight is 294 g/mol. The molecule has 0 radical (unpaired) electrons. The third kappa shape index (κ3) is 5.94. The van der Waals surface area contributed by atoms with Crippen LogP contribution in [0.4, 0.5) is 0 Å². The van der Waals surface area contributed by atoms with Crippen LogP contribution in [0.5, 0.6) is 11.5 Å². The number of benzene rings is 1. The van der Waals surface area contributed by atoms with E-state index < -0.39 is 0 Å². The largest absolute Gasteiger partial charge is 0.490 e. The van der Waals surface area contributed by atoms with Crippen LogP contribution in [0, 0.1) is 0 Å². The first-order valence-electron chi connectivity index (χ1n) is 8.18. The van der Waals surface area contributed by atoms with Gasteiger partial charge in [-0.3, -0.25) is 0 Å². The maximum Gasteiger partial charge on any atom is 0.161 e. The minimum atomic E-state index is 0.485. The molecular formula is C17H28NO3+. The summed E-state index contributed by atoms with van der Waals surface area (Å²) in [6, 6.07) is 7.87. The second kappa shape index (κ2) is 9.64. The molecule has 1 saturated heterocycles. The monoisotopic (exact) mass is 294 g/mol. The second-order valence-corrected chi connectivity index (χ2v) is 5.38. The Bertz CT molecular complexity index is 391. The molecule has 0 aliphatic carbocycles. The van der Waals surface area contributed by atoms with Crippen LogP contribution >= 0.6 is 0 Å². The van der Waals surface area contributed by atoms with E-state index in [0.29, 0.717) is 12.7 Å². The summed E-state index contributed by atoms with van der Waals surface area (Å²) in [6.07, 6.45) is 5.19. The normalized spacial score (nSPS) is 17.9. The topological polar surface area (TPSA) is 44.3 Å². The number of unbranched alkanes of at least 4 members (excludes halogenated alkanes) is 1. The standard InChI is InChI=1S/C17H27NO3/c1-2-19-16-9-3-4-10-17(16)21-12-6-5-11-18-14-15-8-7-13-20-15/h3-4,9-10,15,18H,2,5-8,11-14H2,1H3/p+1/t15-/m0/s1. The molecule has 0 saturated carbocycles. The molecule has 0 aromatic heterocycles. The van der Waals surface area contributed by atoms with Crippen molar-refractivity contribution in [2.45, 2.75) is 38.7 Å². The lowest BCUT2D eigenvalue weighted by atomic mass is 10.2. The smallest absolute Gasteiger partial charge is 0.161 e. The molecule has 2 N–H and O–H groups in total. The highest BCUT2D eigenvalue weighted by atomic mass is 16.5. The first-order valence-corrected chi connectivity index (χ1v) is 8.18. The Morgan fingerprint density at radius 2 is 2.00 bits per heavy atom. The molecule has 4 nitrogen and oxygen atoms in total. The van der Waals surface area contributed by atoms with Crippen molar-refractivity contribution in [2.75, 3.05) is 32.9 Å². The average Bonchev–Trinajstić information content (AvgIpc) is 3.01. The Hall–Kier alpha value is -1.26. The van der Waals surface area contributed by atoms with Crippen molar-refractivity contribution in [3.05, 3.63) is 24.3 Å². The van der Waals surface area contributed by atoms with Crippen molar-refractivity contribution >= 4 is 0 Å². The summed E-state index contributed by atoms with van der Waals surface area (Å²) in [4.78, 5) is 0. The molecule has 1 aromatic rings. The summed E-state index contributed by atoms with van der Waals surface area (Å²) < 4.78 is 17.0. The molecule has 2 rings (SSSR count). The van der Waals surface area contributed by atoms with Crippen molar-refractivity contribution in [3.63, 3.8) is 0 Å². The molecule has 0 bridgehead atoms. The Morgan fingerprint density at radius 3 is 2.71 bits per heavy atom. The number of rotatable bonds is 10. The lowest BCUT2D eigenvalue weighted by Gasteiger charge is -2.11. The van der Waals surface area contributed by atoms with Crippen LogP contribution < -0.4 is 14.8 Å². The molecule has 4 heteroatoms. The predicted octanol–water partition coefficient (Wildman–Crippen LogP) is 1.99. The third-order valence-corrected chi connectivity index (χ3v) is 3.66. The molecule has 1 fully saturated rings. The van der Waals surface area contributed by atoms with E-state index in [4.69, 9.17) is 14.2 Å². The molecule has 0 unspecified atom stereocenters. The SMILES string of the molecule is CCOc1ccccc1OCCCC[NH2+]C[C@@H]1CCCO1. The van der Waals surface area contributed by atoms with Gasteiger partial charge in [-0.2, -0.15) is 0 Å². The molecule has 1 atom stereocenters. The van der Waals surface area contributed by atoms with E-state index in [0.717, 1.165) is 44.2 Å². The molecule has 1 aliphatic heterocycles. The number of quaternary nitrogens is 1. The van der Waals surface area contributed by atoms with Crippen LogP contribution in [0.2, 0.25) is 0 Å². The van der Waals surface area contributed by atoms with Gasteiger partial charge in [-0.25, -0.2) is 0 Å². The first-order chi connectivity index (χ1) is 10.4. The Morgan fingerprint density at radius 1 is 1.19 bits per heavy atom. The number of hydrogen-bond donors (Lipinski definition) is 1. The number of nitrogens with two attached hydrogens (primary N) is 1. The fourth-order valence-electron chi connectivity index (χ4n) is 2.55. The van der Waals surface area contributed by atoms with E-state index in [2.05, 4.69) is 5.32 Å². The minimum Gasteiger partial charge on any atom is -0.490 e. The molecular weight excluding hydrogens is 266 g/mol. The summed E-state index contributed by atoms with van der Waals surface area (Å²) >= 11 is 0. The maximum atomic E-state index is 5.81. The van der Waals surface area contributed by atoms with E-state index in [1.54, 1.807) is 0 Å². The van der Waals surface area contributed by atoms with Crippen molar-refractivity contribution in [3.8, 4) is 11.5 Å². The molecule has 1 aromatic carbocycles. The number of para-hydroxylation sites is 2. The van der Waals surface area contributed by atoms with Crippen molar-refractivity contribution in [1.29, 1.82) is 0 Å². The zero-order valence-electron chi connectivity index (χ0n) is 13.1. The summed E-state index contributed by atoms with van der Waals surface area (Å²) in [5.74, 6) is 1.69. The minimum absolute atomic E-state index is 0.485. The van der Waals surface area contributed by atoms with Gasteiger partial charge in [0, 0.05) is 6.61 Å². The van der Waals surface area contributed by atoms with Crippen LogP contribution in [-0.4, -0.2) is 39.0 Å². The lowest BCUT2D eigenvalue weighted by Crippen LogP contribution is -2.86. The fraction of sp³-hybridized carbons (Fsp3) is 0.647. The quantitative estimate of drug-likeness (QED) is 0.671. The van der Waals surface area contributed by atoms with E-state index in [9.17, 15) is 0 Å². The molecule has 0 spiro atoms. The van der Waals surface area contributed by atoms with Crippen LogP contribution in [-0.2, 0) is 4.74 Å². The summed E-state index contributed by atoms with van der Waals surface area (Å²) in [6.45, 7) is 6.60. The first kappa shape index (κ1) is 16.1. The van der Waals surface area contributed by atoms with Crippen LogP contribution in [0.25, 0.3) is 0 Å². The third-order valence-electron chi connectivity index (χ3n) is 3.66. The van der Waals surface area contributed by atoms with Crippen molar-refractivity contribution in [1.82, 2.24) is 0 Å². The second-order valence-electron chi connectivity index (χ2n) is 5.38. The highest BCUT2D eigenvalue weighted by Crippen LogP contribution is 2.26. The van der Waals surface area contributed by atoms with Gasteiger partial charge in [-0.15, -0.1) is 0 Å². The lowest BCUT2D eigenvalue weighted by molar-refractivity contribution is -0.661. The number of ether oxygens (including phenoxy) is 3. The molecule has 118 valence electrons. The van der Waals surface area contributed by atoms with Crippen LogP contribution in [0.3, 0.4) is 0 Å². The van der Waals surface area contributed by atoms with Gasteiger partial charge in [0.25, 0.3) is 0 Å². The molecule has 1 aliphatic rings. The van der Waals surface area contributed by atoms with Gasteiger partial charge < -0.3 is 19.5 Å². The molecule has 0 amide bonds. The summed E-state index contributed by atoms with van der Waals surface area (Å²) in [7, 11) is 0. The molecule has 21 heavy (non-hydrogen) atoms. The van der Waals surface area contributed by atoms with E-state index in [-0.39, 0.29) is 0 Å². The van der Waals surface area contributed by atoms with E-state index in [1.165, 1.54) is 19.3 Å². The molecule has 1 heterocycles. The Labute approximate surface area is 127 Å². The summed E-state index contributed by atoms with van der Waals surface area (Å²) in [5, 5.41) is 2.37. The van der Waals surface area contributed by atoms with Crippen molar-refractivity contribution in [2.24, 2.45) is 0 Å². The van der Waals surface area contributed by atoms with E-state index >= 15 is 0 Å². The van der Waals surface area contributed by atoms with Gasteiger partial charge in [-0.1, -0.05) is 12.1 Å². The maximum absolute atomic E-state index is 5.81. The van der Waals surface area contributed by atoms with Crippen molar-refractivity contribution < 1.29 is 19.5 Å². The zero-order chi connectivity index (χ0) is 14.8. The van der Waals surface area contributed by atoms with Crippen LogP contribution in [0.15, 0.2) is 24.3 Å². The van der Waals surface area contributed by atoms with E-state index in [1.807, 2.05) is 31.2 Å². The van der Waals surface area contributed by atoms with Gasteiger partial charge in [0.2, 0.25) is 0 Å². The number of hydrogen-bond acceptors (Lipinski definition) is 3. The van der Waals surface area contributed by atoms with Gasteiger partial charge in [0.15, 0.2) is 11.5 Å².